The average molecular weight is 1720 g/mol. The van der Waals surface area contributed by atoms with Gasteiger partial charge in [0.05, 0.1) is 68.8 Å². The Labute approximate surface area is 770 Å². The lowest BCUT2D eigenvalue weighted by atomic mass is 9.91. The van der Waals surface area contributed by atoms with Crippen LogP contribution in [0.2, 0.25) is 0 Å². The lowest BCUT2D eigenvalue weighted by Gasteiger charge is -2.14. The van der Waals surface area contributed by atoms with E-state index in [1.165, 1.54) is 75.4 Å². The number of nitrogens with zero attached hydrogens (tertiary/aromatic N) is 6. The second-order valence-corrected chi connectivity index (χ2v) is 35.2. The van der Waals surface area contributed by atoms with Crippen LogP contribution in [0.15, 0.2) is 450 Å². The van der Waals surface area contributed by atoms with Crippen LogP contribution < -0.4 is 0 Å². The van der Waals surface area contributed by atoms with E-state index in [0.29, 0.717) is 0 Å². The van der Waals surface area contributed by atoms with Crippen LogP contribution in [-0.4, -0.2) is 29.9 Å². The van der Waals surface area contributed by atoms with Gasteiger partial charge in [0.25, 0.3) is 0 Å². The molecule has 0 unspecified atom stereocenters. The van der Waals surface area contributed by atoms with Crippen molar-refractivity contribution in [3.63, 3.8) is 0 Å². The molecule has 30 rings (SSSR count). The van der Waals surface area contributed by atoms with Gasteiger partial charge in [-0.15, -0.1) is 0 Å². The van der Waals surface area contributed by atoms with Crippen molar-refractivity contribution in [2.24, 2.45) is 0 Å². The molecule has 0 atom stereocenters. The number of para-hydroxylation sites is 3. The third-order valence-electron chi connectivity index (χ3n) is 27.8. The van der Waals surface area contributed by atoms with Crippen LogP contribution in [0.4, 0.5) is 0 Å². The quantitative estimate of drug-likeness (QED) is 0.150. The Hall–Kier alpha value is -18.2. The largest absolute Gasteiger partial charge is 0.455 e. The number of fused-ring (bicyclic) bond motifs is 36. The molecule has 0 spiro atoms. The van der Waals surface area contributed by atoms with Gasteiger partial charge < -0.3 is 13.3 Å². The molecule has 6 aromatic heterocycles. The monoisotopic (exact) mass is 1720 g/mol. The van der Waals surface area contributed by atoms with E-state index in [1.807, 2.05) is 36.8 Å². The first kappa shape index (κ1) is 75.8. The van der Waals surface area contributed by atoms with Gasteiger partial charge in [0.1, 0.15) is 33.5 Å². The molecule has 24 aromatic carbocycles. The van der Waals surface area contributed by atoms with Gasteiger partial charge in [-0.3, -0.25) is 15.0 Å². The maximum atomic E-state index is 6.61. The Balaban J connectivity index is 0.000000101. The summed E-state index contributed by atoms with van der Waals surface area (Å²) >= 11 is 0. The van der Waals surface area contributed by atoms with Gasteiger partial charge in [-0.05, 0) is 162 Å². The van der Waals surface area contributed by atoms with E-state index >= 15 is 0 Å². The average Bonchev–Trinajstić information content (AvgIpc) is 1.72. The van der Waals surface area contributed by atoms with Gasteiger partial charge in [-0.1, -0.05) is 370 Å². The van der Waals surface area contributed by atoms with Crippen molar-refractivity contribution in [2.75, 3.05) is 0 Å². The third-order valence-corrected chi connectivity index (χ3v) is 27.8. The number of hydrogen-bond acceptors (Lipinski definition) is 9. The molecule has 0 saturated heterocycles. The summed E-state index contributed by atoms with van der Waals surface area (Å²) in [4.78, 5) is 30.9. The van der Waals surface area contributed by atoms with Crippen LogP contribution in [0, 0.1) is 0 Å². The zero-order valence-electron chi connectivity index (χ0n) is 72.5. The molecule has 0 N–H and O–H groups in total. The van der Waals surface area contributed by atoms with E-state index in [9.17, 15) is 0 Å². The molecule has 0 aliphatic carbocycles. The highest BCUT2D eigenvalue weighted by atomic mass is 16.3. The SMILES string of the molecule is c1ccc2c(c1)cc(-c1ccc(-c3cnc4c5ccccc5c5ccccc5c4n3)c3ccccc13)c1oc3ccccc3c12.c1ccc2c(c1)cc(-c1ccc3ccc(-c4cnc5c6ccccc6c6ccccc6c5n4)cc3c1)c1oc3ccccc3c12.c1ccc2c(c1)cc(-c1cccc3c(-c4cnc5c6ccccc6c6ccccc6c5n4)cccc13)c1oc3ccccc3c12. The van der Waals surface area contributed by atoms with Crippen LogP contribution in [0.1, 0.15) is 0 Å². The standard InChI is InChI=1S/3C42H24N2O/c1-2-12-26-25(11-1)23-36(42-39(26)35-17-7-8-22-38(35)45-42)31-20-9-19-28-27(31)18-10-21-32(28)37-24-43-40-33-15-5-3-13-29(33)30-14-4-6-16-34(30)41(40)44-37;1-2-10-30-26(9-1)23-36(42-39(30)35-15-7-8-16-38(35)45-42)27-19-17-25-18-20-28(22-29(25)21-27)37-24-43-40-33-13-5-3-11-31(33)32-12-4-6-14-34(32)41(40)44-37;1-2-12-26-25(11-1)23-36(42-39(26)35-19-9-10-20-38(35)45-42)31-21-22-32(28-14-4-3-13-27(28)31)37-24-43-40-33-17-7-5-15-29(33)30-16-6-8-18-34(30)41(40)44-37/h3*1-24H. The summed E-state index contributed by atoms with van der Waals surface area (Å²) in [5, 5.41) is 34.9. The Morgan fingerprint density at radius 1 is 0.148 bits per heavy atom. The Morgan fingerprint density at radius 3 is 0.822 bits per heavy atom. The molecule has 0 radical (unpaired) electrons. The summed E-state index contributed by atoms with van der Waals surface area (Å²) in [5.41, 5.74) is 23.4. The van der Waals surface area contributed by atoms with Crippen molar-refractivity contribution >= 4 is 228 Å². The molecule has 0 fully saturated rings. The van der Waals surface area contributed by atoms with Gasteiger partial charge in [0, 0.05) is 98.0 Å². The summed E-state index contributed by atoms with van der Waals surface area (Å²) in [6, 6.07) is 148. The number of furan rings is 3. The zero-order chi connectivity index (χ0) is 88.5. The topological polar surface area (TPSA) is 117 Å². The van der Waals surface area contributed by atoms with E-state index in [4.69, 9.17) is 43.2 Å². The predicted molar refractivity (Wildman–Crippen MR) is 563 cm³/mol. The van der Waals surface area contributed by atoms with Crippen LogP contribution in [0.25, 0.3) is 295 Å². The van der Waals surface area contributed by atoms with Crippen LogP contribution in [0.5, 0.6) is 0 Å². The molecule has 0 aliphatic rings. The van der Waals surface area contributed by atoms with Crippen LogP contribution in [0.3, 0.4) is 0 Å². The van der Waals surface area contributed by atoms with Crippen molar-refractivity contribution in [2.45, 2.75) is 0 Å². The van der Waals surface area contributed by atoms with Crippen molar-refractivity contribution in [3.05, 3.63) is 437 Å². The first-order valence-corrected chi connectivity index (χ1v) is 45.7. The summed E-state index contributed by atoms with van der Waals surface area (Å²) in [6.45, 7) is 0. The molecule has 9 heteroatoms. The highest BCUT2D eigenvalue weighted by Gasteiger charge is 2.26. The highest BCUT2D eigenvalue weighted by molar-refractivity contribution is 6.30. The zero-order valence-corrected chi connectivity index (χ0v) is 72.5. The first-order chi connectivity index (χ1) is 67.0. The lowest BCUT2D eigenvalue weighted by Crippen LogP contribution is -1.93. The van der Waals surface area contributed by atoms with Gasteiger partial charge in [-0.2, -0.15) is 0 Å². The number of hydrogen-bond donors (Lipinski definition) is 0. The molecule has 0 aliphatic heterocycles. The van der Waals surface area contributed by atoms with Gasteiger partial charge in [0.15, 0.2) is 0 Å². The smallest absolute Gasteiger partial charge is 0.143 e. The molecular weight excluding hydrogens is 1650 g/mol. The van der Waals surface area contributed by atoms with E-state index in [-0.39, 0.29) is 0 Å². The van der Waals surface area contributed by atoms with E-state index in [0.717, 1.165) is 220 Å². The summed E-state index contributed by atoms with van der Waals surface area (Å²) in [5.74, 6) is 0. The molecule has 0 bridgehead atoms. The molecule has 0 saturated carbocycles. The number of aromatic nitrogens is 6. The van der Waals surface area contributed by atoms with E-state index < -0.39 is 0 Å². The maximum absolute atomic E-state index is 6.61. The first-order valence-electron chi connectivity index (χ1n) is 45.7. The highest BCUT2D eigenvalue weighted by Crippen LogP contribution is 2.50. The van der Waals surface area contributed by atoms with Gasteiger partial charge in [0.2, 0.25) is 0 Å². The summed E-state index contributed by atoms with van der Waals surface area (Å²) in [6.07, 6.45) is 5.77. The fourth-order valence-electron chi connectivity index (χ4n) is 21.7. The van der Waals surface area contributed by atoms with Crippen LogP contribution in [-0.2, 0) is 0 Å². The second kappa shape index (κ2) is 30.2. The molecule has 30 aromatic rings. The minimum atomic E-state index is 0.859. The molecule has 0 amide bonds. The van der Waals surface area contributed by atoms with Crippen molar-refractivity contribution in [3.8, 4) is 67.2 Å². The third kappa shape index (κ3) is 11.9. The van der Waals surface area contributed by atoms with Crippen molar-refractivity contribution in [1.82, 2.24) is 29.9 Å². The Bertz CT molecular complexity index is 9890. The molecule has 624 valence electrons. The fraction of sp³-hybridized carbons (Fsp3) is 0. The minimum absolute atomic E-state index is 0.859. The summed E-state index contributed by atoms with van der Waals surface area (Å²) in [7, 11) is 0. The molecular formula is C126H72N6O3. The van der Waals surface area contributed by atoms with Crippen molar-refractivity contribution in [1.29, 1.82) is 0 Å². The maximum Gasteiger partial charge on any atom is 0.143 e. The van der Waals surface area contributed by atoms with Gasteiger partial charge >= 0.3 is 0 Å². The second-order valence-electron chi connectivity index (χ2n) is 35.2. The van der Waals surface area contributed by atoms with E-state index in [1.54, 1.807) is 0 Å². The minimum Gasteiger partial charge on any atom is -0.455 e. The summed E-state index contributed by atoms with van der Waals surface area (Å²) < 4.78 is 19.8. The predicted octanol–water partition coefficient (Wildman–Crippen LogP) is 34.4. The van der Waals surface area contributed by atoms with E-state index in [2.05, 4.69) is 400 Å². The van der Waals surface area contributed by atoms with Crippen LogP contribution >= 0.6 is 0 Å². The molecule has 6 heterocycles. The number of rotatable bonds is 6. The molecule has 9 nitrogen and oxygen atoms in total. The Kier molecular flexibility index (Phi) is 17.0. The number of benzene rings is 24. The lowest BCUT2D eigenvalue weighted by molar-refractivity contribution is 0.670. The normalized spacial score (nSPS) is 12.0. The van der Waals surface area contributed by atoms with Gasteiger partial charge in [-0.25, -0.2) is 15.0 Å². The Morgan fingerprint density at radius 2 is 0.415 bits per heavy atom. The molecule has 135 heavy (non-hydrogen) atoms. The van der Waals surface area contributed by atoms with Crippen molar-refractivity contribution < 1.29 is 13.3 Å². The fourth-order valence-corrected chi connectivity index (χ4v) is 21.7.